The van der Waals surface area contributed by atoms with E-state index in [1.807, 2.05) is 21.1 Å². The van der Waals surface area contributed by atoms with E-state index < -0.39 is 26.5 Å². The Morgan fingerprint density at radius 3 is 0.867 bits per heavy atom. The Morgan fingerprint density at radius 2 is 0.582 bits per heavy atom. The summed E-state index contributed by atoms with van der Waals surface area (Å²) in [6.45, 7) is 4.18. The zero-order valence-corrected chi connectivity index (χ0v) is 65.9. The van der Waals surface area contributed by atoms with Gasteiger partial charge in [-0.05, 0) is 83.5 Å². The molecule has 10 heteroatoms. The van der Waals surface area contributed by atoms with Crippen LogP contribution in [0.3, 0.4) is 0 Å². The molecule has 0 radical (unpaired) electrons. The van der Waals surface area contributed by atoms with Crippen molar-refractivity contribution in [2.24, 2.45) is 0 Å². The minimum atomic E-state index is -4.65. The summed E-state index contributed by atoms with van der Waals surface area (Å²) in [4.78, 5) is 38.2. The summed E-state index contributed by atoms with van der Waals surface area (Å²) in [5.74, 6) is -0.824. The van der Waals surface area contributed by atoms with Crippen molar-refractivity contribution in [3.05, 3.63) is 109 Å². The Balaban J connectivity index is 3.97. The summed E-state index contributed by atoms with van der Waals surface area (Å²) in [6, 6.07) is 0. The number of hydrogen-bond acceptors (Lipinski definition) is 8. The van der Waals surface area contributed by atoms with Crippen LogP contribution in [-0.2, 0) is 32.7 Å². The largest absolute Gasteiger partial charge is 0.756 e. The van der Waals surface area contributed by atoms with Crippen LogP contribution in [0.25, 0.3) is 0 Å². The van der Waals surface area contributed by atoms with Gasteiger partial charge in [-0.3, -0.25) is 14.2 Å². The average Bonchev–Trinajstić information content (AvgIpc) is 1.23. The Bertz CT molecular complexity index is 2030. The summed E-state index contributed by atoms with van der Waals surface area (Å²) in [7, 11) is 1.17. The maximum Gasteiger partial charge on any atom is 0.306 e. The predicted octanol–water partition coefficient (Wildman–Crippen LogP) is 27.3. The van der Waals surface area contributed by atoms with Crippen molar-refractivity contribution in [3.63, 3.8) is 0 Å². The van der Waals surface area contributed by atoms with Gasteiger partial charge in [0.1, 0.15) is 19.8 Å². The minimum Gasteiger partial charge on any atom is -0.756 e. The van der Waals surface area contributed by atoms with Crippen molar-refractivity contribution in [2.75, 3.05) is 47.5 Å². The zero-order chi connectivity index (χ0) is 71.1. The molecule has 0 aliphatic carbocycles. The first kappa shape index (κ1) is 94.7. The van der Waals surface area contributed by atoms with Gasteiger partial charge >= 0.3 is 11.9 Å². The van der Waals surface area contributed by atoms with Crippen LogP contribution < -0.4 is 4.89 Å². The molecule has 0 heterocycles. The predicted molar refractivity (Wildman–Crippen MR) is 425 cm³/mol. The number of quaternary nitrogens is 1. The molecule has 2 atom stereocenters. The molecule has 98 heavy (non-hydrogen) atoms. The molecule has 0 aromatic heterocycles. The minimum absolute atomic E-state index is 0.0334. The zero-order valence-electron chi connectivity index (χ0n) is 65.0. The van der Waals surface area contributed by atoms with Crippen LogP contribution in [0.15, 0.2) is 109 Å². The second-order valence-corrected chi connectivity index (χ2v) is 30.5. The van der Waals surface area contributed by atoms with Gasteiger partial charge in [0.2, 0.25) is 0 Å². The van der Waals surface area contributed by atoms with Gasteiger partial charge in [0.05, 0.1) is 27.7 Å². The van der Waals surface area contributed by atoms with E-state index in [9.17, 15) is 19.0 Å². The lowest BCUT2D eigenvalue weighted by atomic mass is 10.0. The summed E-state index contributed by atoms with van der Waals surface area (Å²) >= 11 is 0. The molecule has 0 aromatic rings. The quantitative estimate of drug-likeness (QED) is 0.0195. The first-order chi connectivity index (χ1) is 48.0. The van der Waals surface area contributed by atoms with Gasteiger partial charge in [0.15, 0.2) is 6.10 Å². The maximum absolute atomic E-state index is 12.9. The number of nitrogens with zero attached hydrogens (tertiary/aromatic N) is 1. The number of carbonyl (C=O) groups is 2. The number of allylic oxidation sites excluding steroid dienone is 18. The molecule has 0 spiro atoms. The molecule has 0 saturated heterocycles. The fourth-order valence-corrected chi connectivity index (χ4v) is 12.7. The number of ether oxygens (including phenoxy) is 2. The van der Waals surface area contributed by atoms with Gasteiger partial charge in [-0.25, -0.2) is 0 Å². The van der Waals surface area contributed by atoms with Gasteiger partial charge in [0, 0.05) is 12.8 Å². The highest BCUT2D eigenvalue weighted by molar-refractivity contribution is 7.45. The van der Waals surface area contributed by atoms with Crippen molar-refractivity contribution in [2.45, 2.75) is 392 Å². The number of hydrogen-bond donors (Lipinski definition) is 0. The van der Waals surface area contributed by atoms with Crippen molar-refractivity contribution in [1.82, 2.24) is 0 Å². The van der Waals surface area contributed by atoms with Crippen LogP contribution in [0.5, 0.6) is 0 Å². The van der Waals surface area contributed by atoms with Crippen LogP contribution in [-0.4, -0.2) is 70.0 Å². The molecule has 0 N–H and O–H groups in total. The molecular formula is C88H158NO8P. The Hall–Kier alpha value is -3.33. The summed E-state index contributed by atoms with van der Waals surface area (Å²) < 4.78 is 34.4. The third kappa shape index (κ3) is 81.6. The van der Waals surface area contributed by atoms with Gasteiger partial charge in [-0.1, -0.05) is 399 Å². The summed E-state index contributed by atoms with van der Waals surface area (Å²) in [5.41, 5.74) is 0. The van der Waals surface area contributed by atoms with E-state index >= 15 is 0 Å². The highest BCUT2D eigenvalue weighted by atomic mass is 31.2. The molecule has 0 saturated carbocycles. The SMILES string of the molecule is CC/C=C\C/C=C\C/C=C\C/C=C\C/C=C\C/C=C\C/C=C\C/C=C\C/C=C\CCCCCCCCCCCCCC(=O)OC(COC(=O)CCCCCCCCCCCCCCCCCCCCCCCCCCCCCCCCCCCCC)COP(=O)([O-])OCC[N+](C)(C)C. The Morgan fingerprint density at radius 1 is 0.327 bits per heavy atom. The lowest BCUT2D eigenvalue weighted by Gasteiger charge is -2.28. The van der Waals surface area contributed by atoms with Gasteiger partial charge < -0.3 is 27.9 Å². The Kier molecular flexibility index (Phi) is 75.2. The maximum atomic E-state index is 12.9. The standard InChI is InChI=1S/C88H158NO8P/c1-6-8-10-12-14-16-18-20-22-24-26-28-30-32-34-36-38-40-42-43-44-45-47-49-51-53-55-57-59-61-63-65-67-69-71-73-75-77-79-81-88(91)97-86(85-96-98(92,93)95-83-82-89(3,4)5)84-94-87(90)80-78-76-74-72-70-68-66-64-62-60-58-56-54-52-50-48-46-41-39-37-35-33-31-29-27-25-23-21-19-17-15-13-11-9-7-2/h8,10,14,16,20,22,26,28,32,34,38,40,43-44,47,49,53,55,86H,6-7,9,11-13,15,17-19,21,23-25,27,29-31,33,35-37,39,41-42,45-46,48,50-52,54,56-85H2,1-5H3/b10-8-,16-14-,22-20-,28-26-,34-32-,40-38-,44-43-,49-47-,55-53-. The summed E-state index contributed by atoms with van der Waals surface area (Å²) in [5, 5.41) is 0. The molecule has 0 fully saturated rings. The highest BCUT2D eigenvalue weighted by Crippen LogP contribution is 2.38. The van der Waals surface area contributed by atoms with Crippen LogP contribution in [0.4, 0.5) is 0 Å². The van der Waals surface area contributed by atoms with E-state index in [-0.39, 0.29) is 32.0 Å². The third-order valence-electron chi connectivity index (χ3n) is 18.3. The molecule has 0 aliphatic rings. The lowest BCUT2D eigenvalue weighted by molar-refractivity contribution is -0.870. The lowest BCUT2D eigenvalue weighted by Crippen LogP contribution is -2.37. The number of phosphoric ester groups is 1. The van der Waals surface area contributed by atoms with E-state index in [1.54, 1.807) is 0 Å². The monoisotopic (exact) mass is 1390 g/mol. The first-order valence-corrected chi connectivity index (χ1v) is 43.1. The molecule has 0 aliphatic heterocycles. The molecule has 0 rings (SSSR count). The van der Waals surface area contributed by atoms with Crippen LogP contribution in [0.2, 0.25) is 0 Å². The van der Waals surface area contributed by atoms with Crippen molar-refractivity contribution < 1.29 is 42.1 Å². The van der Waals surface area contributed by atoms with Crippen LogP contribution >= 0.6 is 7.82 Å². The topological polar surface area (TPSA) is 111 Å². The van der Waals surface area contributed by atoms with E-state index in [0.29, 0.717) is 17.4 Å². The fourth-order valence-electron chi connectivity index (χ4n) is 12.0. The number of carbonyl (C=O) groups excluding carboxylic acids is 2. The number of likely N-dealkylation sites (N-methyl/N-ethyl adjacent to an activating group) is 1. The summed E-state index contributed by atoms with van der Waals surface area (Å²) in [6.07, 6.45) is 111. The van der Waals surface area contributed by atoms with Crippen molar-refractivity contribution in [3.8, 4) is 0 Å². The Labute approximate surface area is 607 Å². The molecule has 9 nitrogen and oxygen atoms in total. The van der Waals surface area contributed by atoms with Crippen LogP contribution in [0, 0.1) is 0 Å². The van der Waals surface area contributed by atoms with Crippen LogP contribution in [0.1, 0.15) is 386 Å². The van der Waals surface area contributed by atoms with Gasteiger partial charge in [-0.15, -0.1) is 0 Å². The molecule has 2 unspecified atom stereocenters. The van der Waals surface area contributed by atoms with E-state index in [1.165, 1.54) is 250 Å². The van der Waals surface area contributed by atoms with Crippen molar-refractivity contribution >= 4 is 19.8 Å². The fraction of sp³-hybridized carbons (Fsp3) is 0.773. The third-order valence-corrected chi connectivity index (χ3v) is 19.3. The van der Waals surface area contributed by atoms with Crippen molar-refractivity contribution in [1.29, 1.82) is 0 Å². The molecule has 0 amide bonds. The normalized spacial score (nSPS) is 13.6. The first-order valence-electron chi connectivity index (χ1n) is 41.6. The van der Waals surface area contributed by atoms with E-state index in [0.717, 1.165) is 103 Å². The van der Waals surface area contributed by atoms with E-state index in [2.05, 4.69) is 123 Å². The van der Waals surface area contributed by atoms with E-state index in [4.69, 9.17) is 18.5 Å². The molecule has 0 bridgehead atoms. The highest BCUT2D eigenvalue weighted by Gasteiger charge is 2.22. The number of unbranched alkanes of at least 4 members (excludes halogenated alkanes) is 45. The van der Waals surface area contributed by atoms with Gasteiger partial charge in [-0.2, -0.15) is 0 Å². The molecule has 568 valence electrons. The number of phosphoric acid groups is 1. The smallest absolute Gasteiger partial charge is 0.306 e. The average molecular weight is 1390 g/mol. The van der Waals surface area contributed by atoms with Gasteiger partial charge in [0.25, 0.3) is 7.82 Å². The second-order valence-electron chi connectivity index (χ2n) is 29.1. The molecule has 0 aromatic carbocycles. The molecular weight excluding hydrogens is 1230 g/mol. The number of esters is 2. The number of rotatable bonds is 77. The second kappa shape index (κ2) is 77.8.